The molecule has 3 aliphatic carbocycles. The molecule has 3 heteroatoms. The van der Waals surface area contributed by atoms with E-state index in [0.29, 0.717) is 30.9 Å². The number of hydrogen-bond acceptors (Lipinski definition) is 1. The topological polar surface area (TPSA) is 9.23 Å². The molecule has 4 unspecified atom stereocenters. The largest absolute Gasteiger partial charge is 0.491 e. The van der Waals surface area contributed by atoms with Crippen LogP contribution in [0.2, 0.25) is 0 Å². The lowest BCUT2D eigenvalue weighted by molar-refractivity contribution is 0.0713. The highest BCUT2D eigenvalue weighted by Gasteiger charge is 2.39. The van der Waals surface area contributed by atoms with E-state index in [1.807, 2.05) is 0 Å². The van der Waals surface area contributed by atoms with Gasteiger partial charge in [0.05, 0.1) is 6.61 Å². The molecule has 0 amide bonds. The highest BCUT2D eigenvalue weighted by molar-refractivity contribution is 5.32. The first-order valence-electron chi connectivity index (χ1n) is 16.3. The predicted octanol–water partition coefficient (Wildman–Crippen LogP) is 10.6. The van der Waals surface area contributed by atoms with Crippen LogP contribution in [0.5, 0.6) is 5.75 Å². The van der Waals surface area contributed by atoms with Crippen LogP contribution in [-0.2, 0) is 12.8 Å². The summed E-state index contributed by atoms with van der Waals surface area (Å²) in [6.07, 6.45) is 22.8. The van der Waals surface area contributed by atoms with Gasteiger partial charge >= 0.3 is 0 Å². The summed E-state index contributed by atoms with van der Waals surface area (Å²) in [6, 6.07) is 12.2. The SMILES string of the molecule is C/C=C/CCC1CCC(C2CCC3CC(c4ccc(CCc5ccc(OCC)c(F)c5F)cc4)CCC3C2)CC1. The number of benzene rings is 2. The Kier molecular flexibility index (Phi) is 10.4. The third-order valence-corrected chi connectivity index (χ3v) is 10.7. The molecule has 2 aromatic carbocycles. The predicted molar refractivity (Wildman–Crippen MR) is 162 cm³/mol. The Morgan fingerprint density at radius 2 is 1.43 bits per heavy atom. The maximum absolute atomic E-state index is 14.5. The Morgan fingerprint density at radius 3 is 2.15 bits per heavy atom. The van der Waals surface area contributed by atoms with Crippen LogP contribution in [0.4, 0.5) is 8.78 Å². The fourth-order valence-corrected chi connectivity index (χ4v) is 8.37. The number of halogens is 2. The van der Waals surface area contributed by atoms with Gasteiger partial charge in [0.1, 0.15) is 0 Å². The molecule has 0 aliphatic heterocycles. The average molecular weight is 549 g/mol. The number of hydrogen-bond donors (Lipinski definition) is 0. The molecule has 0 radical (unpaired) electrons. The molecule has 3 saturated carbocycles. The number of rotatable bonds is 10. The zero-order valence-electron chi connectivity index (χ0n) is 24.9. The monoisotopic (exact) mass is 548 g/mol. The molecule has 0 saturated heterocycles. The van der Waals surface area contributed by atoms with E-state index in [-0.39, 0.29) is 5.75 Å². The lowest BCUT2D eigenvalue weighted by Crippen LogP contribution is -2.34. The van der Waals surface area contributed by atoms with Crippen molar-refractivity contribution in [3.8, 4) is 5.75 Å². The van der Waals surface area contributed by atoms with Crippen molar-refractivity contribution in [3.63, 3.8) is 0 Å². The van der Waals surface area contributed by atoms with Gasteiger partial charge in [-0.15, -0.1) is 0 Å². The first kappa shape index (κ1) is 29.3. The molecule has 0 aromatic heterocycles. The van der Waals surface area contributed by atoms with Gasteiger partial charge in [0.15, 0.2) is 11.6 Å². The Balaban J connectivity index is 1.08. The van der Waals surface area contributed by atoms with Crippen molar-refractivity contribution in [1.29, 1.82) is 0 Å². The molecule has 1 nitrogen and oxygen atoms in total. The molecule has 3 aliphatic rings. The Hall–Kier alpha value is -2.16. The van der Waals surface area contributed by atoms with E-state index in [4.69, 9.17) is 4.74 Å². The highest BCUT2D eigenvalue weighted by Crippen LogP contribution is 2.51. The zero-order chi connectivity index (χ0) is 27.9. The van der Waals surface area contributed by atoms with Crippen LogP contribution in [0, 0.1) is 41.2 Å². The summed E-state index contributed by atoms with van der Waals surface area (Å²) in [5.74, 6) is 3.84. The molecule has 40 heavy (non-hydrogen) atoms. The first-order valence-corrected chi connectivity index (χ1v) is 16.3. The second-order valence-corrected chi connectivity index (χ2v) is 13.1. The van der Waals surface area contributed by atoms with Crippen LogP contribution in [0.1, 0.15) is 114 Å². The second-order valence-electron chi connectivity index (χ2n) is 13.1. The summed E-state index contributed by atoms with van der Waals surface area (Å²) in [6.45, 7) is 4.23. The summed E-state index contributed by atoms with van der Waals surface area (Å²) < 4.78 is 33.9. The van der Waals surface area contributed by atoms with Crippen LogP contribution in [0.25, 0.3) is 0 Å². The third-order valence-electron chi connectivity index (χ3n) is 10.7. The minimum absolute atomic E-state index is 0.00496. The zero-order valence-corrected chi connectivity index (χ0v) is 24.9. The van der Waals surface area contributed by atoms with E-state index in [9.17, 15) is 8.78 Å². The van der Waals surface area contributed by atoms with Gasteiger partial charge < -0.3 is 4.74 Å². The van der Waals surface area contributed by atoms with Crippen LogP contribution in [0.15, 0.2) is 48.6 Å². The molecule has 0 N–H and O–H groups in total. The Labute approximate surface area is 241 Å². The molecular formula is C37H50F2O. The van der Waals surface area contributed by atoms with E-state index in [0.717, 1.165) is 29.6 Å². The number of ether oxygens (including phenoxy) is 1. The molecule has 0 spiro atoms. The van der Waals surface area contributed by atoms with Crippen LogP contribution in [0.3, 0.4) is 0 Å². The minimum Gasteiger partial charge on any atom is -0.491 e. The van der Waals surface area contributed by atoms with Gasteiger partial charge in [0.25, 0.3) is 0 Å². The minimum atomic E-state index is -0.873. The van der Waals surface area contributed by atoms with E-state index < -0.39 is 11.6 Å². The van der Waals surface area contributed by atoms with Crippen LogP contribution in [-0.4, -0.2) is 6.61 Å². The highest BCUT2D eigenvalue weighted by atomic mass is 19.2. The van der Waals surface area contributed by atoms with Crippen molar-refractivity contribution in [1.82, 2.24) is 0 Å². The molecule has 3 fully saturated rings. The van der Waals surface area contributed by atoms with Gasteiger partial charge in [0.2, 0.25) is 5.82 Å². The quantitative estimate of drug-likeness (QED) is 0.268. The van der Waals surface area contributed by atoms with Crippen molar-refractivity contribution in [2.24, 2.45) is 29.6 Å². The van der Waals surface area contributed by atoms with E-state index in [1.54, 1.807) is 19.1 Å². The second kappa shape index (κ2) is 14.1. The average Bonchev–Trinajstić information content (AvgIpc) is 2.99. The van der Waals surface area contributed by atoms with Crippen molar-refractivity contribution in [2.75, 3.05) is 6.61 Å². The molecule has 2 aromatic rings. The number of allylic oxidation sites excluding steroid dienone is 2. The van der Waals surface area contributed by atoms with Gasteiger partial charge in [-0.2, -0.15) is 4.39 Å². The van der Waals surface area contributed by atoms with E-state index in [2.05, 4.69) is 43.3 Å². The van der Waals surface area contributed by atoms with Gasteiger partial charge in [-0.1, -0.05) is 55.3 Å². The lowest BCUT2D eigenvalue weighted by atomic mass is 9.60. The normalized spacial score (nSPS) is 28.9. The lowest BCUT2D eigenvalue weighted by Gasteiger charge is -2.45. The molecule has 4 atom stereocenters. The van der Waals surface area contributed by atoms with Gasteiger partial charge in [0, 0.05) is 0 Å². The third kappa shape index (κ3) is 7.18. The summed E-state index contributed by atoms with van der Waals surface area (Å²) in [5, 5.41) is 0. The van der Waals surface area contributed by atoms with E-state index in [1.165, 1.54) is 88.2 Å². The van der Waals surface area contributed by atoms with Gasteiger partial charge in [-0.05, 0) is 149 Å². The fraction of sp³-hybridized carbons (Fsp3) is 0.622. The molecule has 0 heterocycles. The Bertz CT molecular complexity index is 1100. The molecule has 218 valence electrons. The van der Waals surface area contributed by atoms with Gasteiger partial charge in [-0.25, -0.2) is 4.39 Å². The smallest absolute Gasteiger partial charge is 0.200 e. The summed E-state index contributed by atoms with van der Waals surface area (Å²) in [7, 11) is 0. The summed E-state index contributed by atoms with van der Waals surface area (Å²) in [5.41, 5.74) is 3.07. The molecular weight excluding hydrogens is 498 g/mol. The summed E-state index contributed by atoms with van der Waals surface area (Å²) >= 11 is 0. The molecule has 0 bridgehead atoms. The van der Waals surface area contributed by atoms with E-state index >= 15 is 0 Å². The molecule has 5 rings (SSSR count). The maximum Gasteiger partial charge on any atom is 0.200 e. The fourth-order valence-electron chi connectivity index (χ4n) is 8.37. The standard InChI is InChI=1S/C37H50F2O/c1-3-5-6-7-26-8-13-28(14-9-26)31-18-20-34-25-32(19-21-33(34)24-31)29-15-10-27(11-16-29)12-17-30-22-23-35(40-4-2)37(39)36(30)38/h3,5,10-11,15-16,22-23,26,28,31-34H,4,6-9,12-14,17-21,24-25H2,1-2H3/b5-3+. The Morgan fingerprint density at radius 1 is 0.750 bits per heavy atom. The van der Waals surface area contributed by atoms with Crippen molar-refractivity contribution < 1.29 is 13.5 Å². The van der Waals surface area contributed by atoms with Crippen LogP contribution < -0.4 is 4.74 Å². The van der Waals surface area contributed by atoms with Crippen molar-refractivity contribution >= 4 is 0 Å². The van der Waals surface area contributed by atoms with Crippen molar-refractivity contribution in [3.05, 3.63) is 76.9 Å². The summed E-state index contributed by atoms with van der Waals surface area (Å²) in [4.78, 5) is 0. The number of fused-ring (bicyclic) bond motifs is 1. The number of aryl methyl sites for hydroxylation is 2. The van der Waals surface area contributed by atoms with Crippen LogP contribution >= 0.6 is 0 Å². The first-order chi connectivity index (χ1) is 19.6. The maximum atomic E-state index is 14.5. The van der Waals surface area contributed by atoms with Gasteiger partial charge in [-0.3, -0.25) is 0 Å². The van der Waals surface area contributed by atoms with Crippen molar-refractivity contribution in [2.45, 2.75) is 110 Å².